The second-order valence-electron chi connectivity index (χ2n) is 7.27. The first kappa shape index (κ1) is 17.0. The van der Waals surface area contributed by atoms with Crippen LogP contribution >= 0.6 is 11.3 Å². The number of fused-ring (bicyclic) bond motifs is 1. The summed E-state index contributed by atoms with van der Waals surface area (Å²) < 4.78 is 0. The van der Waals surface area contributed by atoms with Crippen LogP contribution in [0, 0.1) is 5.41 Å². The van der Waals surface area contributed by atoms with Gasteiger partial charge in [0.2, 0.25) is 0 Å². The van der Waals surface area contributed by atoms with Crippen molar-refractivity contribution in [3.8, 4) is 0 Å². The van der Waals surface area contributed by atoms with Crippen LogP contribution in [0.4, 0.5) is 0 Å². The molecule has 1 aromatic heterocycles. The van der Waals surface area contributed by atoms with Gasteiger partial charge in [0.25, 0.3) is 0 Å². The first-order chi connectivity index (χ1) is 10.0. The molecule has 120 valence electrons. The average Bonchev–Trinajstić information content (AvgIpc) is 2.97. The fourth-order valence-corrected chi connectivity index (χ4v) is 4.69. The van der Waals surface area contributed by atoms with Gasteiger partial charge in [-0.2, -0.15) is 11.3 Å². The fourth-order valence-electron chi connectivity index (χ4n) is 3.83. The number of hydrogen-bond donors (Lipinski definition) is 2. The Kier molecular flexibility index (Phi) is 5.87. The number of hydrogen-bond acceptors (Lipinski definition) is 3. The van der Waals surface area contributed by atoms with Crippen LogP contribution in [0.3, 0.4) is 0 Å². The van der Waals surface area contributed by atoms with E-state index in [0.717, 1.165) is 25.7 Å². The lowest BCUT2D eigenvalue weighted by molar-refractivity contribution is -0.0204. The molecule has 21 heavy (non-hydrogen) atoms. The molecule has 1 aliphatic carbocycles. The SMILES string of the molecule is CCCCCCCC(C)(O)CC1(CO)Cc2cscc2C1. The predicted octanol–water partition coefficient (Wildman–Crippen LogP) is 4.33. The summed E-state index contributed by atoms with van der Waals surface area (Å²) in [6.07, 6.45) is 9.54. The van der Waals surface area contributed by atoms with Gasteiger partial charge in [-0.15, -0.1) is 0 Å². The van der Waals surface area contributed by atoms with Crippen molar-refractivity contribution >= 4 is 11.3 Å². The zero-order valence-corrected chi connectivity index (χ0v) is 14.3. The summed E-state index contributed by atoms with van der Waals surface area (Å²) in [6, 6.07) is 0. The van der Waals surface area contributed by atoms with E-state index >= 15 is 0 Å². The van der Waals surface area contributed by atoms with Crippen molar-refractivity contribution < 1.29 is 10.2 Å². The van der Waals surface area contributed by atoms with E-state index < -0.39 is 5.60 Å². The highest BCUT2D eigenvalue weighted by molar-refractivity contribution is 7.08. The summed E-state index contributed by atoms with van der Waals surface area (Å²) >= 11 is 1.75. The molecule has 3 heteroatoms. The van der Waals surface area contributed by atoms with Gasteiger partial charge in [0.1, 0.15) is 0 Å². The molecule has 0 bridgehead atoms. The molecule has 1 unspecified atom stereocenters. The van der Waals surface area contributed by atoms with Gasteiger partial charge in [-0.25, -0.2) is 0 Å². The summed E-state index contributed by atoms with van der Waals surface area (Å²) in [6.45, 7) is 4.36. The third-order valence-electron chi connectivity index (χ3n) is 4.87. The summed E-state index contributed by atoms with van der Waals surface area (Å²) in [5.74, 6) is 0. The number of thiophene rings is 1. The van der Waals surface area contributed by atoms with Gasteiger partial charge in [0.15, 0.2) is 0 Å². The van der Waals surface area contributed by atoms with E-state index in [0.29, 0.717) is 6.42 Å². The maximum atomic E-state index is 10.7. The Labute approximate surface area is 133 Å². The van der Waals surface area contributed by atoms with Crippen molar-refractivity contribution in [2.24, 2.45) is 5.41 Å². The molecule has 0 aliphatic heterocycles. The third kappa shape index (κ3) is 4.54. The van der Waals surface area contributed by atoms with Gasteiger partial charge in [-0.1, -0.05) is 39.0 Å². The summed E-state index contributed by atoms with van der Waals surface area (Å²) in [5, 5.41) is 25.0. The minimum absolute atomic E-state index is 0.133. The second kappa shape index (κ2) is 7.26. The molecule has 2 rings (SSSR count). The molecule has 2 nitrogen and oxygen atoms in total. The first-order valence-corrected chi connectivity index (χ1v) is 9.32. The Bertz CT molecular complexity index is 416. The van der Waals surface area contributed by atoms with Gasteiger partial charge in [0, 0.05) is 12.0 Å². The summed E-state index contributed by atoms with van der Waals surface area (Å²) in [7, 11) is 0. The fraction of sp³-hybridized carbons (Fsp3) is 0.778. The topological polar surface area (TPSA) is 40.5 Å². The molecule has 0 saturated heterocycles. The quantitative estimate of drug-likeness (QED) is 0.667. The Morgan fingerprint density at radius 2 is 1.76 bits per heavy atom. The van der Waals surface area contributed by atoms with Crippen molar-refractivity contribution in [3.63, 3.8) is 0 Å². The highest BCUT2D eigenvalue weighted by atomic mass is 32.1. The monoisotopic (exact) mass is 310 g/mol. The van der Waals surface area contributed by atoms with Crippen molar-refractivity contribution in [2.45, 2.75) is 77.2 Å². The molecule has 2 N–H and O–H groups in total. The molecule has 0 amide bonds. The van der Waals surface area contributed by atoms with Crippen LogP contribution in [0.25, 0.3) is 0 Å². The summed E-state index contributed by atoms with van der Waals surface area (Å²) in [4.78, 5) is 0. The lowest BCUT2D eigenvalue weighted by Gasteiger charge is -2.35. The third-order valence-corrected chi connectivity index (χ3v) is 5.72. The molecule has 1 aliphatic rings. The normalized spacial score (nSPS) is 19.4. The van der Waals surface area contributed by atoms with Crippen molar-refractivity contribution in [1.29, 1.82) is 0 Å². The van der Waals surface area contributed by atoms with E-state index in [-0.39, 0.29) is 12.0 Å². The Morgan fingerprint density at radius 1 is 1.14 bits per heavy atom. The first-order valence-electron chi connectivity index (χ1n) is 8.37. The van der Waals surface area contributed by atoms with Crippen LogP contribution in [0.2, 0.25) is 0 Å². The number of aliphatic hydroxyl groups excluding tert-OH is 1. The van der Waals surface area contributed by atoms with Gasteiger partial charge < -0.3 is 10.2 Å². The van der Waals surface area contributed by atoms with Crippen LogP contribution in [-0.2, 0) is 12.8 Å². The van der Waals surface area contributed by atoms with E-state index in [1.807, 2.05) is 6.92 Å². The lowest BCUT2D eigenvalue weighted by atomic mass is 9.74. The van der Waals surface area contributed by atoms with Gasteiger partial charge in [0.05, 0.1) is 5.60 Å². The van der Waals surface area contributed by atoms with Crippen LogP contribution in [0.5, 0.6) is 0 Å². The van der Waals surface area contributed by atoms with Crippen molar-refractivity contribution in [1.82, 2.24) is 0 Å². The van der Waals surface area contributed by atoms with E-state index in [1.54, 1.807) is 11.3 Å². The number of aliphatic hydroxyl groups is 2. The largest absolute Gasteiger partial charge is 0.396 e. The molecule has 1 atom stereocenters. The van der Waals surface area contributed by atoms with Gasteiger partial charge >= 0.3 is 0 Å². The molecular weight excluding hydrogens is 280 g/mol. The Hall–Kier alpha value is -0.380. The Balaban J connectivity index is 1.85. The standard InChI is InChI=1S/C18H30O2S/c1-3-4-5-6-7-8-17(2,20)13-18(14-19)9-15-11-21-12-16(15)10-18/h11-12,19-20H,3-10,13-14H2,1-2H3. The minimum atomic E-state index is -0.651. The Morgan fingerprint density at radius 3 is 2.33 bits per heavy atom. The van der Waals surface area contributed by atoms with Crippen molar-refractivity contribution in [2.75, 3.05) is 6.61 Å². The average molecular weight is 311 g/mol. The van der Waals surface area contributed by atoms with Gasteiger partial charge in [-0.05, 0) is 54.5 Å². The van der Waals surface area contributed by atoms with Crippen LogP contribution in [0.15, 0.2) is 10.8 Å². The molecule has 0 spiro atoms. The molecule has 1 heterocycles. The lowest BCUT2D eigenvalue weighted by Crippen LogP contribution is -2.38. The molecule has 0 saturated carbocycles. The van der Waals surface area contributed by atoms with Crippen molar-refractivity contribution in [3.05, 3.63) is 21.9 Å². The van der Waals surface area contributed by atoms with Crippen LogP contribution in [-0.4, -0.2) is 22.4 Å². The van der Waals surface area contributed by atoms with E-state index in [2.05, 4.69) is 17.7 Å². The predicted molar refractivity (Wildman–Crippen MR) is 89.9 cm³/mol. The highest BCUT2D eigenvalue weighted by Gasteiger charge is 2.42. The van der Waals surface area contributed by atoms with Gasteiger partial charge in [-0.3, -0.25) is 0 Å². The van der Waals surface area contributed by atoms with E-state index in [4.69, 9.17) is 0 Å². The van der Waals surface area contributed by atoms with E-state index in [1.165, 1.54) is 36.8 Å². The zero-order chi connectivity index (χ0) is 15.3. The van der Waals surface area contributed by atoms with E-state index in [9.17, 15) is 10.2 Å². The highest BCUT2D eigenvalue weighted by Crippen LogP contribution is 2.44. The molecule has 0 fully saturated rings. The smallest absolute Gasteiger partial charge is 0.0626 e. The number of rotatable bonds is 9. The molecular formula is C18H30O2S. The zero-order valence-electron chi connectivity index (χ0n) is 13.5. The number of unbranched alkanes of at least 4 members (excludes halogenated alkanes) is 4. The molecule has 1 aromatic rings. The summed E-state index contributed by atoms with van der Waals surface area (Å²) in [5.41, 5.74) is 1.98. The maximum Gasteiger partial charge on any atom is 0.0626 e. The maximum absolute atomic E-state index is 10.7. The second-order valence-corrected chi connectivity index (χ2v) is 8.02. The van der Waals surface area contributed by atoms with Crippen LogP contribution in [0.1, 0.15) is 69.9 Å². The molecule has 0 aromatic carbocycles. The van der Waals surface area contributed by atoms with Crippen LogP contribution < -0.4 is 0 Å². The minimum Gasteiger partial charge on any atom is -0.396 e. The molecule has 0 radical (unpaired) electrons.